The van der Waals surface area contributed by atoms with Gasteiger partial charge in [0.15, 0.2) is 0 Å². The van der Waals surface area contributed by atoms with Crippen LogP contribution in [0.25, 0.3) is 11.5 Å². The number of nitrogens with one attached hydrogen (secondary N) is 1. The molecule has 0 radical (unpaired) electrons. The molecule has 4 rings (SSSR count). The van der Waals surface area contributed by atoms with Crippen molar-refractivity contribution in [3.63, 3.8) is 0 Å². The van der Waals surface area contributed by atoms with E-state index in [1.807, 2.05) is 18.2 Å². The van der Waals surface area contributed by atoms with E-state index >= 15 is 0 Å². The highest BCUT2D eigenvalue weighted by Crippen LogP contribution is 2.29. The molecular weight excluding hydrogens is 374 g/mol. The molecule has 9 heteroatoms. The molecule has 1 aromatic carbocycles. The van der Waals surface area contributed by atoms with Crippen LogP contribution in [-0.2, 0) is 0 Å². The summed E-state index contributed by atoms with van der Waals surface area (Å²) in [4.78, 5) is 16.9. The fourth-order valence-corrected chi connectivity index (χ4v) is 3.50. The maximum atomic E-state index is 10.8. The first-order valence-electron chi connectivity index (χ1n) is 9.33. The third-order valence-corrected chi connectivity index (χ3v) is 4.97. The molecule has 1 fully saturated rings. The monoisotopic (exact) mass is 393 g/mol. The van der Waals surface area contributed by atoms with E-state index in [0.717, 1.165) is 31.7 Å². The van der Waals surface area contributed by atoms with E-state index in [0.29, 0.717) is 12.1 Å². The highest BCUT2D eigenvalue weighted by Gasteiger charge is 2.26. The zero-order valence-corrected chi connectivity index (χ0v) is 15.6. The predicted molar refractivity (Wildman–Crippen MR) is 104 cm³/mol. The number of aromatic nitrogens is 1. The molecule has 0 saturated carbocycles. The summed E-state index contributed by atoms with van der Waals surface area (Å²) in [5, 5.41) is 23.4. The summed E-state index contributed by atoms with van der Waals surface area (Å²) in [5.74, 6) is 1.36. The van der Waals surface area contributed by atoms with Crippen molar-refractivity contribution in [2.24, 2.45) is 0 Å². The summed E-state index contributed by atoms with van der Waals surface area (Å²) < 4.78 is 11.4. The molecule has 2 aromatic heterocycles. The van der Waals surface area contributed by atoms with E-state index in [2.05, 4.69) is 15.2 Å². The molecule has 0 aliphatic carbocycles. The van der Waals surface area contributed by atoms with Gasteiger partial charge >= 0.3 is 0 Å². The number of nitrogens with zero attached hydrogens (tertiary/aromatic N) is 4. The number of rotatable bonds is 7. The number of likely N-dealkylation sites (tertiary alicyclic amines) is 1. The van der Waals surface area contributed by atoms with Crippen molar-refractivity contribution in [2.75, 3.05) is 25.0 Å². The lowest BCUT2D eigenvalue weighted by Crippen LogP contribution is -2.30. The number of non-ortho nitro benzene ring substituents is 1. The number of oxazole rings is 1. The highest BCUT2D eigenvalue weighted by molar-refractivity contribution is 5.60. The molecule has 1 N–H and O–H groups in total. The molecule has 1 aliphatic rings. The van der Waals surface area contributed by atoms with Gasteiger partial charge in [-0.3, -0.25) is 15.0 Å². The average Bonchev–Trinajstić information content (AvgIpc) is 3.50. The number of hydrogen-bond acceptors (Lipinski definition) is 8. The van der Waals surface area contributed by atoms with Gasteiger partial charge in [0.25, 0.3) is 5.69 Å². The lowest BCUT2D eigenvalue weighted by molar-refractivity contribution is -0.384. The van der Waals surface area contributed by atoms with Crippen LogP contribution in [0.2, 0.25) is 0 Å². The molecule has 1 atom stereocenters. The number of furan rings is 1. The Morgan fingerprint density at radius 3 is 2.66 bits per heavy atom. The molecule has 3 heterocycles. The largest absolute Gasteiger partial charge is 0.468 e. The third-order valence-electron chi connectivity index (χ3n) is 4.97. The van der Waals surface area contributed by atoms with Crippen molar-refractivity contribution in [1.82, 2.24) is 9.88 Å². The van der Waals surface area contributed by atoms with Gasteiger partial charge in [0.2, 0.25) is 17.5 Å². The Balaban J connectivity index is 1.53. The Morgan fingerprint density at radius 1 is 1.28 bits per heavy atom. The van der Waals surface area contributed by atoms with E-state index in [9.17, 15) is 15.4 Å². The summed E-state index contributed by atoms with van der Waals surface area (Å²) >= 11 is 0. The van der Waals surface area contributed by atoms with Gasteiger partial charge in [0.1, 0.15) is 11.8 Å². The number of anilines is 1. The molecule has 1 aliphatic heterocycles. The fraction of sp³-hybridized carbons (Fsp3) is 0.300. The second kappa shape index (κ2) is 8.16. The van der Waals surface area contributed by atoms with Crippen molar-refractivity contribution in [2.45, 2.75) is 18.9 Å². The molecule has 0 spiro atoms. The molecule has 0 bridgehead atoms. The maximum absolute atomic E-state index is 10.8. The van der Waals surface area contributed by atoms with Gasteiger partial charge in [0, 0.05) is 24.2 Å². The first-order chi connectivity index (χ1) is 14.2. The minimum atomic E-state index is -0.472. The third kappa shape index (κ3) is 3.97. The van der Waals surface area contributed by atoms with Crippen LogP contribution in [0, 0.1) is 21.4 Å². The minimum absolute atomic E-state index is 0.0203. The highest BCUT2D eigenvalue weighted by atomic mass is 16.6. The summed E-state index contributed by atoms with van der Waals surface area (Å²) in [6.45, 7) is 2.47. The standard InChI is InChI=1S/C20H19N5O4/c21-12-16-20(29-19(23-16)14-5-7-15(8-6-14)25(26)27)22-13-17(18-4-3-11-28-18)24-9-1-2-10-24/h3-8,11,17,22H,1-2,9-10,13H2. The summed E-state index contributed by atoms with van der Waals surface area (Å²) in [7, 11) is 0. The molecule has 3 aromatic rings. The second-order valence-corrected chi connectivity index (χ2v) is 6.77. The van der Waals surface area contributed by atoms with Crippen LogP contribution in [0.1, 0.15) is 30.3 Å². The second-order valence-electron chi connectivity index (χ2n) is 6.77. The molecule has 29 heavy (non-hydrogen) atoms. The summed E-state index contributed by atoms with van der Waals surface area (Å²) in [5.41, 5.74) is 0.673. The lowest BCUT2D eigenvalue weighted by atomic mass is 10.2. The molecule has 9 nitrogen and oxygen atoms in total. The normalized spacial score (nSPS) is 15.1. The Labute approximate surface area is 166 Å². The van der Waals surface area contributed by atoms with E-state index in [4.69, 9.17) is 8.83 Å². The first-order valence-corrected chi connectivity index (χ1v) is 9.33. The quantitative estimate of drug-likeness (QED) is 0.473. The van der Waals surface area contributed by atoms with Gasteiger partial charge < -0.3 is 14.2 Å². The number of nitriles is 1. The molecule has 1 saturated heterocycles. The van der Waals surface area contributed by atoms with Crippen LogP contribution in [-0.4, -0.2) is 34.4 Å². The Hall–Kier alpha value is -3.64. The topological polar surface area (TPSA) is 121 Å². The Bertz CT molecular complexity index is 1010. The van der Waals surface area contributed by atoms with E-state index in [1.165, 1.54) is 12.1 Å². The maximum Gasteiger partial charge on any atom is 0.269 e. The van der Waals surface area contributed by atoms with Crippen LogP contribution < -0.4 is 5.32 Å². The molecule has 1 unspecified atom stereocenters. The van der Waals surface area contributed by atoms with Crippen LogP contribution >= 0.6 is 0 Å². The van der Waals surface area contributed by atoms with E-state index in [-0.39, 0.29) is 29.2 Å². The number of hydrogen-bond donors (Lipinski definition) is 1. The van der Waals surface area contributed by atoms with Crippen molar-refractivity contribution in [3.8, 4) is 17.5 Å². The zero-order chi connectivity index (χ0) is 20.2. The fourth-order valence-electron chi connectivity index (χ4n) is 3.50. The van der Waals surface area contributed by atoms with Crippen molar-refractivity contribution >= 4 is 11.6 Å². The Kier molecular flexibility index (Phi) is 5.27. The van der Waals surface area contributed by atoms with E-state index < -0.39 is 4.92 Å². The van der Waals surface area contributed by atoms with Gasteiger partial charge in [-0.25, -0.2) is 0 Å². The minimum Gasteiger partial charge on any atom is -0.468 e. The zero-order valence-electron chi connectivity index (χ0n) is 15.6. The van der Waals surface area contributed by atoms with Gasteiger partial charge in [0.05, 0.1) is 17.2 Å². The van der Waals surface area contributed by atoms with Gasteiger partial charge in [-0.1, -0.05) is 0 Å². The predicted octanol–water partition coefficient (Wildman–Crippen LogP) is 3.96. The van der Waals surface area contributed by atoms with Crippen LogP contribution in [0.5, 0.6) is 0 Å². The number of benzene rings is 1. The number of nitro benzene ring substituents is 1. The van der Waals surface area contributed by atoms with Crippen LogP contribution in [0.3, 0.4) is 0 Å². The SMILES string of the molecule is N#Cc1nc(-c2ccc([N+](=O)[O-])cc2)oc1NCC(c1ccco1)N1CCCC1. The van der Waals surface area contributed by atoms with Gasteiger partial charge in [-0.05, 0) is 50.2 Å². The smallest absolute Gasteiger partial charge is 0.269 e. The van der Waals surface area contributed by atoms with Crippen LogP contribution in [0.4, 0.5) is 11.6 Å². The van der Waals surface area contributed by atoms with Crippen molar-refractivity contribution in [3.05, 3.63) is 64.2 Å². The number of nitro groups is 1. The van der Waals surface area contributed by atoms with E-state index in [1.54, 1.807) is 18.4 Å². The van der Waals surface area contributed by atoms with Gasteiger partial charge in [-0.2, -0.15) is 10.2 Å². The van der Waals surface area contributed by atoms with Crippen molar-refractivity contribution in [1.29, 1.82) is 5.26 Å². The van der Waals surface area contributed by atoms with Gasteiger partial charge in [-0.15, -0.1) is 0 Å². The first kappa shape index (κ1) is 18.7. The van der Waals surface area contributed by atoms with Crippen molar-refractivity contribution < 1.29 is 13.8 Å². The molecular formula is C20H19N5O4. The molecule has 0 amide bonds. The molecule has 148 valence electrons. The van der Waals surface area contributed by atoms with Crippen LogP contribution in [0.15, 0.2) is 51.5 Å². The summed E-state index contributed by atoms with van der Waals surface area (Å²) in [6.07, 6.45) is 3.95. The Morgan fingerprint density at radius 2 is 2.03 bits per heavy atom. The average molecular weight is 393 g/mol. The lowest BCUT2D eigenvalue weighted by Gasteiger charge is -2.25. The summed E-state index contributed by atoms with van der Waals surface area (Å²) in [6, 6.07) is 11.7.